The van der Waals surface area contributed by atoms with Crippen molar-refractivity contribution in [3.8, 4) is 17.2 Å². The number of nitrogens with one attached hydrogen (secondary N) is 1. The highest BCUT2D eigenvalue weighted by Gasteiger charge is 2.06. The number of hydrogen-bond donors (Lipinski definition) is 1. The Balaban J connectivity index is 2.08. The van der Waals surface area contributed by atoms with E-state index in [-0.39, 0.29) is 0 Å². The molecule has 0 saturated heterocycles. The van der Waals surface area contributed by atoms with Gasteiger partial charge in [0.1, 0.15) is 12.0 Å². The minimum absolute atomic E-state index is 0.644. The van der Waals surface area contributed by atoms with Gasteiger partial charge in [-0.15, -0.1) is 0 Å². The number of ether oxygens (including phenoxy) is 1. The Morgan fingerprint density at radius 3 is 2.67 bits per heavy atom. The van der Waals surface area contributed by atoms with Gasteiger partial charge in [-0.3, -0.25) is 0 Å². The van der Waals surface area contributed by atoms with E-state index >= 15 is 0 Å². The molecular weight excluding hydrogens is 228 g/mol. The van der Waals surface area contributed by atoms with Gasteiger partial charge in [0.2, 0.25) is 5.89 Å². The molecule has 0 bridgehead atoms. The lowest BCUT2D eigenvalue weighted by Gasteiger charge is -2.02. The molecule has 18 heavy (non-hydrogen) atoms. The van der Waals surface area contributed by atoms with Gasteiger partial charge in [-0.05, 0) is 37.7 Å². The van der Waals surface area contributed by atoms with E-state index in [1.54, 1.807) is 6.26 Å². The Morgan fingerprint density at radius 1 is 1.22 bits per heavy atom. The summed E-state index contributed by atoms with van der Waals surface area (Å²) in [5.74, 6) is 1.51. The number of oxazole rings is 1. The second-order valence-electron chi connectivity index (χ2n) is 3.88. The summed E-state index contributed by atoms with van der Waals surface area (Å²) in [6, 6.07) is 7.75. The van der Waals surface area contributed by atoms with Gasteiger partial charge in [-0.1, -0.05) is 6.92 Å². The highest BCUT2D eigenvalue weighted by atomic mass is 16.5. The highest BCUT2D eigenvalue weighted by molar-refractivity contribution is 5.54. The zero-order valence-corrected chi connectivity index (χ0v) is 10.8. The van der Waals surface area contributed by atoms with Crippen LogP contribution in [0.2, 0.25) is 0 Å². The summed E-state index contributed by atoms with van der Waals surface area (Å²) in [4.78, 5) is 4.42. The Kier molecular flexibility index (Phi) is 4.36. The van der Waals surface area contributed by atoms with Crippen LogP contribution in [0.5, 0.6) is 5.75 Å². The Morgan fingerprint density at radius 2 is 2.00 bits per heavy atom. The minimum atomic E-state index is 0.644. The third-order valence-electron chi connectivity index (χ3n) is 2.52. The van der Waals surface area contributed by atoms with Crippen molar-refractivity contribution in [1.29, 1.82) is 0 Å². The molecule has 1 aromatic carbocycles. The Labute approximate surface area is 107 Å². The number of benzene rings is 1. The quantitative estimate of drug-likeness (QED) is 0.851. The van der Waals surface area contributed by atoms with Crippen LogP contribution in [-0.4, -0.2) is 18.1 Å². The molecule has 0 aliphatic carbocycles. The van der Waals surface area contributed by atoms with Gasteiger partial charge in [0.15, 0.2) is 0 Å². The standard InChI is InChI=1S/C14H18N2O2/c1-3-15-9-12-10-18-14(16-12)11-5-7-13(8-6-11)17-4-2/h5-8,10,15H,3-4,9H2,1-2H3. The molecule has 0 fully saturated rings. The number of rotatable bonds is 6. The molecule has 0 saturated carbocycles. The SMILES string of the molecule is CCNCc1coc(-c2ccc(OCC)cc2)n1. The van der Waals surface area contributed by atoms with Crippen LogP contribution in [0.15, 0.2) is 34.9 Å². The lowest BCUT2D eigenvalue weighted by atomic mass is 10.2. The van der Waals surface area contributed by atoms with Gasteiger partial charge >= 0.3 is 0 Å². The first kappa shape index (κ1) is 12.6. The molecule has 4 nitrogen and oxygen atoms in total. The molecule has 0 atom stereocenters. The monoisotopic (exact) mass is 246 g/mol. The maximum absolute atomic E-state index is 5.46. The summed E-state index contributed by atoms with van der Waals surface area (Å²) >= 11 is 0. The normalized spacial score (nSPS) is 10.6. The molecule has 96 valence electrons. The summed E-state index contributed by atoms with van der Waals surface area (Å²) < 4.78 is 10.8. The summed E-state index contributed by atoms with van der Waals surface area (Å²) in [5, 5.41) is 3.21. The van der Waals surface area contributed by atoms with E-state index in [9.17, 15) is 0 Å². The average Bonchev–Trinajstić information content (AvgIpc) is 2.86. The Hall–Kier alpha value is -1.81. The van der Waals surface area contributed by atoms with E-state index in [1.165, 1.54) is 0 Å². The van der Waals surface area contributed by atoms with E-state index in [4.69, 9.17) is 9.15 Å². The molecule has 0 aliphatic rings. The molecule has 1 heterocycles. The van der Waals surface area contributed by atoms with Crippen molar-refractivity contribution in [3.63, 3.8) is 0 Å². The van der Waals surface area contributed by atoms with Gasteiger partial charge in [0.25, 0.3) is 0 Å². The van der Waals surface area contributed by atoms with Crippen molar-refractivity contribution in [2.45, 2.75) is 20.4 Å². The third kappa shape index (κ3) is 3.11. The fraction of sp³-hybridized carbons (Fsp3) is 0.357. The maximum atomic E-state index is 5.46. The predicted octanol–water partition coefficient (Wildman–Crippen LogP) is 2.85. The van der Waals surface area contributed by atoms with E-state index in [2.05, 4.69) is 17.2 Å². The smallest absolute Gasteiger partial charge is 0.226 e. The molecule has 2 aromatic rings. The fourth-order valence-corrected chi connectivity index (χ4v) is 1.63. The molecular formula is C14H18N2O2. The molecule has 0 aliphatic heterocycles. The van der Waals surface area contributed by atoms with E-state index < -0.39 is 0 Å². The lowest BCUT2D eigenvalue weighted by molar-refractivity contribution is 0.340. The largest absolute Gasteiger partial charge is 0.494 e. The number of nitrogens with zero attached hydrogens (tertiary/aromatic N) is 1. The summed E-state index contributed by atoms with van der Waals surface area (Å²) in [6.07, 6.45) is 1.69. The van der Waals surface area contributed by atoms with Crippen LogP contribution in [-0.2, 0) is 6.54 Å². The molecule has 4 heteroatoms. The summed E-state index contributed by atoms with van der Waals surface area (Å²) in [6.45, 7) is 6.36. The molecule has 0 radical (unpaired) electrons. The molecule has 0 spiro atoms. The van der Waals surface area contributed by atoms with Crippen LogP contribution in [0.3, 0.4) is 0 Å². The van der Waals surface area contributed by atoms with Crippen LogP contribution in [0.25, 0.3) is 11.5 Å². The zero-order valence-electron chi connectivity index (χ0n) is 10.8. The van der Waals surface area contributed by atoms with Crippen LogP contribution in [0, 0.1) is 0 Å². The first-order valence-electron chi connectivity index (χ1n) is 6.21. The second-order valence-corrected chi connectivity index (χ2v) is 3.88. The predicted molar refractivity (Wildman–Crippen MR) is 70.5 cm³/mol. The summed E-state index contributed by atoms with van der Waals surface area (Å²) in [7, 11) is 0. The van der Waals surface area contributed by atoms with Crippen molar-refractivity contribution in [3.05, 3.63) is 36.2 Å². The van der Waals surface area contributed by atoms with Gasteiger partial charge in [0, 0.05) is 12.1 Å². The van der Waals surface area contributed by atoms with E-state index in [1.807, 2.05) is 31.2 Å². The lowest BCUT2D eigenvalue weighted by Crippen LogP contribution is -2.11. The first-order chi connectivity index (χ1) is 8.83. The molecule has 0 amide bonds. The van der Waals surface area contributed by atoms with Gasteiger partial charge in [-0.2, -0.15) is 0 Å². The first-order valence-corrected chi connectivity index (χ1v) is 6.21. The Bertz CT molecular complexity index is 477. The van der Waals surface area contributed by atoms with Crippen LogP contribution in [0.1, 0.15) is 19.5 Å². The van der Waals surface area contributed by atoms with Crippen LogP contribution < -0.4 is 10.1 Å². The van der Waals surface area contributed by atoms with Crippen molar-refractivity contribution in [2.75, 3.05) is 13.2 Å². The molecule has 1 N–H and O–H groups in total. The van der Waals surface area contributed by atoms with Gasteiger partial charge < -0.3 is 14.5 Å². The third-order valence-corrected chi connectivity index (χ3v) is 2.52. The van der Waals surface area contributed by atoms with Crippen LogP contribution in [0.4, 0.5) is 0 Å². The number of hydrogen-bond acceptors (Lipinski definition) is 4. The van der Waals surface area contributed by atoms with E-state index in [0.29, 0.717) is 12.5 Å². The van der Waals surface area contributed by atoms with Gasteiger partial charge in [0.05, 0.1) is 12.3 Å². The minimum Gasteiger partial charge on any atom is -0.494 e. The van der Waals surface area contributed by atoms with Crippen molar-refractivity contribution in [1.82, 2.24) is 10.3 Å². The van der Waals surface area contributed by atoms with E-state index in [0.717, 1.165) is 30.1 Å². The van der Waals surface area contributed by atoms with Crippen LogP contribution >= 0.6 is 0 Å². The van der Waals surface area contributed by atoms with Crippen molar-refractivity contribution in [2.24, 2.45) is 0 Å². The molecule has 2 rings (SSSR count). The molecule has 1 aromatic heterocycles. The molecule has 0 unspecified atom stereocenters. The average molecular weight is 246 g/mol. The van der Waals surface area contributed by atoms with Crippen molar-refractivity contribution < 1.29 is 9.15 Å². The fourth-order valence-electron chi connectivity index (χ4n) is 1.63. The maximum Gasteiger partial charge on any atom is 0.226 e. The summed E-state index contributed by atoms with van der Waals surface area (Å²) in [5.41, 5.74) is 1.88. The topological polar surface area (TPSA) is 47.3 Å². The zero-order chi connectivity index (χ0) is 12.8. The number of aromatic nitrogens is 1. The van der Waals surface area contributed by atoms with Crippen molar-refractivity contribution >= 4 is 0 Å². The van der Waals surface area contributed by atoms with Gasteiger partial charge in [-0.25, -0.2) is 4.98 Å². The highest BCUT2D eigenvalue weighted by Crippen LogP contribution is 2.21. The second kappa shape index (κ2) is 6.21.